The molecule has 1 aromatic carbocycles. The van der Waals surface area contributed by atoms with E-state index in [4.69, 9.17) is 4.74 Å². The molecule has 21 heavy (non-hydrogen) atoms. The van der Waals surface area contributed by atoms with Gasteiger partial charge >= 0.3 is 0 Å². The second-order valence-corrected chi connectivity index (χ2v) is 5.61. The van der Waals surface area contributed by atoms with Gasteiger partial charge in [-0.2, -0.15) is 0 Å². The average Bonchev–Trinajstić information content (AvgIpc) is 2.47. The van der Waals surface area contributed by atoms with E-state index in [2.05, 4.69) is 60.4 Å². The van der Waals surface area contributed by atoms with Crippen molar-refractivity contribution in [2.75, 3.05) is 53.9 Å². The SMILES string of the molecule is CCN(CCCN(C)C)CCOc1ccc(CNC)cc1. The molecule has 1 rings (SSSR count). The van der Waals surface area contributed by atoms with Crippen LogP contribution in [0.15, 0.2) is 24.3 Å². The molecule has 4 heteroatoms. The Morgan fingerprint density at radius 2 is 1.76 bits per heavy atom. The Morgan fingerprint density at radius 3 is 2.33 bits per heavy atom. The van der Waals surface area contributed by atoms with E-state index in [-0.39, 0.29) is 0 Å². The second kappa shape index (κ2) is 10.6. The number of likely N-dealkylation sites (N-methyl/N-ethyl adjacent to an activating group) is 1. The van der Waals surface area contributed by atoms with E-state index in [9.17, 15) is 0 Å². The van der Waals surface area contributed by atoms with Crippen molar-refractivity contribution >= 4 is 0 Å². The molecule has 0 saturated heterocycles. The number of ether oxygens (including phenoxy) is 1. The van der Waals surface area contributed by atoms with Crippen LogP contribution in [0.25, 0.3) is 0 Å². The van der Waals surface area contributed by atoms with Crippen LogP contribution >= 0.6 is 0 Å². The van der Waals surface area contributed by atoms with Crippen molar-refractivity contribution < 1.29 is 4.74 Å². The van der Waals surface area contributed by atoms with E-state index in [1.807, 2.05) is 7.05 Å². The minimum absolute atomic E-state index is 0.751. The number of benzene rings is 1. The molecule has 4 nitrogen and oxygen atoms in total. The molecule has 1 N–H and O–H groups in total. The van der Waals surface area contributed by atoms with Gasteiger partial charge in [0.2, 0.25) is 0 Å². The predicted molar refractivity (Wildman–Crippen MR) is 90.0 cm³/mol. The van der Waals surface area contributed by atoms with Gasteiger partial charge in [-0.15, -0.1) is 0 Å². The smallest absolute Gasteiger partial charge is 0.119 e. The summed E-state index contributed by atoms with van der Waals surface area (Å²) < 4.78 is 5.83. The average molecular weight is 293 g/mol. The lowest BCUT2D eigenvalue weighted by Gasteiger charge is -2.21. The molecule has 0 spiro atoms. The maximum atomic E-state index is 5.83. The van der Waals surface area contributed by atoms with E-state index < -0.39 is 0 Å². The summed E-state index contributed by atoms with van der Waals surface area (Å²) in [6.07, 6.45) is 1.21. The van der Waals surface area contributed by atoms with Gasteiger partial charge in [0, 0.05) is 13.1 Å². The Hall–Kier alpha value is -1.10. The molecule has 0 saturated carbocycles. The minimum atomic E-state index is 0.751. The number of hydrogen-bond donors (Lipinski definition) is 1. The highest BCUT2D eigenvalue weighted by atomic mass is 16.5. The van der Waals surface area contributed by atoms with Crippen LogP contribution in [0.5, 0.6) is 5.75 Å². The quantitative estimate of drug-likeness (QED) is 0.676. The summed E-state index contributed by atoms with van der Waals surface area (Å²) in [5.41, 5.74) is 1.28. The lowest BCUT2D eigenvalue weighted by atomic mass is 10.2. The monoisotopic (exact) mass is 293 g/mol. The van der Waals surface area contributed by atoms with Crippen LogP contribution in [0, 0.1) is 0 Å². The molecule has 0 radical (unpaired) electrons. The molecule has 0 bridgehead atoms. The lowest BCUT2D eigenvalue weighted by molar-refractivity contribution is 0.208. The van der Waals surface area contributed by atoms with E-state index in [1.54, 1.807) is 0 Å². The zero-order chi connectivity index (χ0) is 15.5. The molecule has 0 aromatic heterocycles. The van der Waals surface area contributed by atoms with Gasteiger partial charge in [0.25, 0.3) is 0 Å². The van der Waals surface area contributed by atoms with Crippen LogP contribution in [0.1, 0.15) is 18.9 Å². The maximum absolute atomic E-state index is 5.83. The van der Waals surface area contributed by atoms with Gasteiger partial charge < -0.3 is 19.9 Å². The van der Waals surface area contributed by atoms with Crippen molar-refractivity contribution in [2.24, 2.45) is 0 Å². The van der Waals surface area contributed by atoms with Crippen molar-refractivity contribution in [1.82, 2.24) is 15.1 Å². The Kier molecular flexibility index (Phi) is 9.06. The van der Waals surface area contributed by atoms with Gasteiger partial charge in [0.1, 0.15) is 12.4 Å². The molecule has 1 aromatic rings. The molecular weight excluding hydrogens is 262 g/mol. The zero-order valence-corrected chi connectivity index (χ0v) is 14.1. The third kappa shape index (κ3) is 8.05. The van der Waals surface area contributed by atoms with Gasteiger partial charge in [0.05, 0.1) is 0 Å². The van der Waals surface area contributed by atoms with Crippen LogP contribution < -0.4 is 10.1 Å². The standard InChI is InChI=1S/C17H31N3O/c1-5-20(12-6-11-19(3)4)13-14-21-17-9-7-16(8-10-17)15-18-2/h7-10,18H,5-6,11-15H2,1-4H3. The molecule has 0 fully saturated rings. The zero-order valence-electron chi connectivity index (χ0n) is 14.1. The van der Waals surface area contributed by atoms with Crippen LogP contribution in [-0.4, -0.2) is 63.7 Å². The molecule has 0 unspecified atom stereocenters. The van der Waals surface area contributed by atoms with Crippen molar-refractivity contribution in [1.29, 1.82) is 0 Å². The summed E-state index contributed by atoms with van der Waals surface area (Å²) in [4.78, 5) is 4.68. The fourth-order valence-electron chi connectivity index (χ4n) is 2.24. The number of hydrogen-bond acceptors (Lipinski definition) is 4. The second-order valence-electron chi connectivity index (χ2n) is 5.61. The van der Waals surface area contributed by atoms with Crippen molar-refractivity contribution in [3.63, 3.8) is 0 Å². The summed E-state index contributed by atoms with van der Waals surface area (Å²) >= 11 is 0. The molecule has 0 heterocycles. The summed E-state index contributed by atoms with van der Waals surface area (Å²) in [7, 11) is 6.20. The van der Waals surface area contributed by atoms with Crippen LogP contribution in [0.4, 0.5) is 0 Å². The van der Waals surface area contributed by atoms with Crippen molar-refractivity contribution in [3.05, 3.63) is 29.8 Å². The fraction of sp³-hybridized carbons (Fsp3) is 0.647. The first kappa shape index (κ1) is 18.0. The highest BCUT2D eigenvalue weighted by Gasteiger charge is 2.03. The maximum Gasteiger partial charge on any atom is 0.119 e. The Balaban J connectivity index is 2.23. The molecule has 0 aliphatic heterocycles. The molecule has 0 aliphatic carbocycles. The molecular formula is C17H31N3O. The number of rotatable bonds is 11. The van der Waals surface area contributed by atoms with E-state index >= 15 is 0 Å². The third-order valence-corrected chi connectivity index (χ3v) is 3.51. The predicted octanol–water partition coefficient (Wildman–Crippen LogP) is 2.06. The topological polar surface area (TPSA) is 27.7 Å². The Bertz CT molecular complexity index is 365. The summed E-state index contributed by atoms with van der Waals surface area (Å²) in [5, 5.41) is 3.15. The fourth-order valence-corrected chi connectivity index (χ4v) is 2.24. The Morgan fingerprint density at radius 1 is 1.05 bits per heavy atom. The largest absolute Gasteiger partial charge is 0.492 e. The summed E-state index contributed by atoms with van der Waals surface area (Å²) in [6, 6.07) is 8.32. The van der Waals surface area contributed by atoms with Gasteiger partial charge in [-0.25, -0.2) is 0 Å². The van der Waals surface area contributed by atoms with Crippen molar-refractivity contribution in [2.45, 2.75) is 19.9 Å². The first-order valence-corrected chi connectivity index (χ1v) is 7.89. The Labute approximate surface area is 130 Å². The molecule has 0 atom stereocenters. The normalized spacial score (nSPS) is 11.3. The number of nitrogens with zero attached hydrogens (tertiary/aromatic N) is 2. The van der Waals surface area contributed by atoms with Crippen LogP contribution in [0.3, 0.4) is 0 Å². The van der Waals surface area contributed by atoms with Gasteiger partial charge in [-0.05, 0) is 64.9 Å². The van der Waals surface area contributed by atoms with E-state index in [0.29, 0.717) is 0 Å². The van der Waals surface area contributed by atoms with Gasteiger partial charge in [-0.3, -0.25) is 0 Å². The van der Waals surface area contributed by atoms with Crippen LogP contribution in [-0.2, 0) is 6.54 Å². The number of nitrogens with one attached hydrogen (secondary N) is 1. The van der Waals surface area contributed by atoms with Gasteiger partial charge in [0.15, 0.2) is 0 Å². The van der Waals surface area contributed by atoms with Crippen molar-refractivity contribution in [3.8, 4) is 5.75 Å². The van der Waals surface area contributed by atoms with Crippen LogP contribution in [0.2, 0.25) is 0 Å². The molecule has 0 amide bonds. The first-order valence-electron chi connectivity index (χ1n) is 7.89. The summed E-state index contributed by atoms with van der Waals surface area (Å²) in [5.74, 6) is 0.958. The van der Waals surface area contributed by atoms with Gasteiger partial charge in [-0.1, -0.05) is 19.1 Å². The van der Waals surface area contributed by atoms with E-state index in [1.165, 1.54) is 12.0 Å². The summed E-state index contributed by atoms with van der Waals surface area (Å²) in [6.45, 7) is 8.21. The molecule has 120 valence electrons. The first-order chi connectivity index (χ1) is 10.2. The highest BCUT2D eigenvalue weighted by molar-refractivity contribution is 5.27. The highest BCUT2D eigenvalue weighted by Crippen LogP contribution is 2.12. The minimum Gasteiger partial charge on any atom is -0.492 e. The van der Waals surface area contributed by atoms with E-state index in [0.717, 1.165) is 45.1 Å². The lowest BCUT2D eigenvalue weighted by Crippen LogP contribution is -2.31. The third-order valence-electron chi connectivity index (χ3n) is 3.51. The molecule has 0 aliphatic rings.